The van der Waals surface area contributed by atoms with Gasteiger partial charge < -0.3 is 5.32 Å². The number of carbonyl (C=O) groups excluding carboxylic acids is 1. The van der Waals surface area contributed by atoms with Crippen LogP contribution >= 0.6 is 15.9 Å². The van der Waals surface area contributed by atoms with Gasteiger partial charge in [-0.1, -0.05) is 60.1 Å². The fourth-order valence-corrected chi connectivity index (χ4v) is 2.70. The molecule has 0 aliphatic heterocycles. The molecule has 1 amide bonds. The van der Waals surface area contributed by atoms with Crippen molar-refractivity contribution < 1.29 is 4.79 Å². The quantitative estimate of drug-likeness (QED) is 0.447. The molecular formula is C22H26BrN3O. The van der Waals surface area contributed by atoms with E-state index in [0.717, 1.165) is 21.3 Å². The van der Waals surface area contributed by atoms with Crippen LogP contribution in [0.25, 0.3) is 6.08 Å². The fraction of sp³-hybridized carbons (Fsp3) is 0.273. The highest BCUT2D eigenvalue weighted by atomic mass is 79.9. The van der Waals surface area contributed by atoms with Crippen LogP contribution in [0.1, 0.15) is 44.7 Å². The van der Waals surface area contributed by atoms with Gasteiger partial charge in [-0.15, -0.1) is 0 Å². The largest absolute Gasteiger partial charge is 0.374 e. The molecular weight excluding hydrogens is 402 g/mol. The van der Waals surface area contributed by atoms with Crippen molar-refractivity contribution in [1.82, 2.24) is 5.43 Å². The van der Waals surface area contributed by atoms with E-state index in [1.165, 1.54) is 5.56 Å². The molecule has 0 saturated heterocycles. The van der Waals surface area contributed by atoms with Crippen LogP contribution in [0.5, 0.6) is 0 Å². The second kappa shape index (κ2) is 10.1. The van der Waals surface area contributed by atoms with E-state index in [0.29, 0.717) is 5.92 Å². The maximum atomic E-state index is 12.1. The topological polar surface area (TPSA) is 53.5 Å². The maximum Gasteiger partial charge on any atom is 0.262 e. The molecule has 1 atom stereocenters. The highest BCUT2D eigenvalue weighted by Crippen LogP contribution is 2.16. The van der Waals surface area contributed by atoms with Gasteiger partial charge in [0.15, 0.2) is 0 Å². The minimum atomic E-state index is -0.392. The zero-order chi connectivity index (χ0) is 19.8. The Labute approximate surface area is 169 Å². The smallest absolute Gasteiger partial charge is 0.262 e. The van der Waals surface area contributed by atoms with E-state index in [1.54, 1.807) is 13.1 Å². The van der Waals surface area contributed by atoms with Crippen LogP contribution in [0.4, 0.5) is 5.69 Å². The number of nitrogens with one attached hydrogen (secondary N) is 2. The van der Waals surface area contributed by atoms with Gasteiger partial charge >= 0.3 is 0 Å². The first-order valence-corrected chi connectivity index (χ1v) is 9.77. The Bertz CT molecular complexity index is 808. The van der Waals surface area contributed by atoms with Crippen LogP contribution < -0.4 is 10.7 Å². The average molecular weight is 428 g/mol. The molecule has 0 saturated carbocycles. The lowest BCUT2D eigenvalue weighted by molar-refractivity contribution is -0.121. The Kier molecular flexibility index (Phi) is 7.80. The summed E-state index contributed by atoms with van der Waals surface area (Å²) in [7, 11) is 0. The SMILES string of the molecule is C/C(C=NNC(=O)[C@@H](C)Nc1ccc(Br)cc1)=C/c1ccc(C(C)C)cc1. The van der Waals surface area contributed by atoms with Crippen LogP contribution in [-0.4, -0.2) is 18.2 Å². The van der Waals surface area contributed by atoms with Crippen LogP contribution in [-0.2, 0) is 4.79 Å². The Morgan fingerprint density at radius 2 is 1.67 bits per heavy atom. The van der Waals surface area contributed by atoms with Gasteiger partial charge in [-0.05, 0) is 60.7 Å². The summed E-state index contributed by atoms with van der Waals surface area (Å²) in [5.74, 6) is 0.331. The van der Waals surface area contributed by atoms with E-state index in [9.17, 15) is 4.79 Å². The van der Waals surface area contributed by atoms with Crippen LogP contribution in [0.2, 0.25) is 0 Å². The normalized spacial score (nSPS) is 13.0. The molecule has 0 aromatic heterocycles. The number of anilines is 1. The van der Waals surface area contributed by atoms with Crippen LogP contribution in [0, 0.1) is 0 Å². The third kappa shape index (κ3) is 7.02. The highest BCUT2D eigenvalue weighted by molar-refractivity contribution is 9.10. The predicted molar refractivity (Wildman–Crippen MR) is 118 cm³/mol. The lowest BCUT2D eigenvalue weighted by Gasteiger charge is -2.13. The standard InChI is InChI=1S/C22H26BrN3O/c1-15(2)19-7-5-18(6-8-19)13-16(3)14-24-26-22(27)17(4)25-21-11-9-20(23)10-12-21/h5-15,17,25H,1-4H3,(H,26,27)/b16-13-,24-14?/t17-/m1/s1. The zero-order valence-electron chi connectivity index (χ0n) is 16.2. The molecule has 2 aromatic carbocycles. The lowest BCUT2D eigenvalue weighted by atomic mass is 10.0. The number of hydrazone groups is 1. The molecule has 27 heavy (non-hydrogen) atoms. The van der Waals surface area contributed by atoms with E-state index >= 15 is 0 Å². The van der Waals surface area contributed by atoms with Crippen molar-refractivity contribution in [3.8, 4) is 0 Å². The number of hydrogen-bond donors (Lipinski definition) is 2. The van der Waals surface area contributed by atoms with Crippen molar-refractivity contribution >= 4 is 39.8 Å². The second-order valence-electron chi connectivity index (χ2n) is 6.82. The van der Waals surface area contributed by atoms with Gasteiger partial charge in [0.25, 0.3) is 5.91 Å². The van der Waals surface area contributed by atoms with Crippen LogP contribution in [0.15, 0.2) is 63.7 Å². The molecule has 4 nitrogen and oxygen atoms in total. The van der Waals surface area contributed by atoms with E-state index < -0.39 is 6.04 Å². The van der Waals surface area contributed by atoms with E-state index in [1.807, 2.05) is 37.3 Å². The zero-order valence-corrected chi connectivity index (χ0v) is 17.7. The second-order valence-corrected chi connectivity index (χ2v) is 7.73. The van der Waals surface area contributed by atoms with Crippen molar-refractivity contribution in [2.45, 2.75) is 39.7 Å². The Hall–Kier alpha value is -2.40. The number of halogens is 1. The molecule has 0 unspecified atom stereocenters. The summed E-state index contributed by atoms with van der Waals surface area (Å²) >= 11 is 3.39. The van der Waals surface area contributed by atoms with Gasteiger partial charge in [0, 0.05) is 10.2 Å². The monoisotopic (exact) mass is 427 g/mol. The molecule has 142 valence electrons. The van der Waals surface area contributed by atoms with Gasteiger partial charge in [-0.3, -0.25) is 4.79 Å². The van der Waals surface area contributed by atoms with Crippen molar-refractivity contribution in [1.29, 1.82) is 0 Å². The molecule has 5 heteroatoms. The maximum absolute atomic E-state index is 12.1. The summed E-state index contributed by atoms with van der Waals surface area (Å²) in [5.41, 5.74) is 6.84. The minimum Gasteiger partial charge on any atom is -0.374 e. The van der Waals surface area contributed by atoms with Crippen molar-refractivity contribution in [3.05, 3.63) is 69.7 Å². The molecule has 0 spiro atoms. The van der Waals surface area contributed by atoms with Crippen molar-refractivity contribution in [2.75, 3.05) is 5.32 Å². The summed E-state index contributed by atoms with van der Waals surface area (Å²) < 4.78 is 0.996. The molecule has 0 heterocycles. The predicted octanol–water partition coefficient (Wildman–Crippen LogP) is 5.58. The third-order valence-corrected chi connectivity index (χ3v) is 4.59. The number of allylic oxidation sites excluding steroid dienone is 1. The van der Waals surface area contributed by atoms with E-state index in [4.69, 9.17) is 0 Å². The van der Waals surface area contributed by atoms with E-state index in [2.05, 4.69) is 69.9 Å². The van der Waals surface area contributed by atoms with Gasteiger partial charge in [0.05, 0.1) is 6.21 Å². The molecule has 0 aliphatic carbocycles. The molecule has 2 N–H and O–H groups in total. The summed E-state index contributed by atoms with van der Waals surface area (Å²) in [5, 5.41) is 7.19. The first kappa shape index (κ1) is 20.9. The number of benzene rings is 2. The average Bonchev–Trinajstić information content (AvgIpc) is 2.64. The number of rotatable bonds is 7. The van der Waals surface area contributed by atoms with Crippen molar-refractivity contribution in [3.63, 3.8) is 0 Å². The number of hydrogen-bond acceptors (Lipinski definition) is 3. The fourth-order valence-electron chi connectivity index (χ4n) is 2.43. The van der Waals surface area contributed by atoms with Gasteiger partial charge in [0.1, 0.15) is 6.04 Å². The third-order valence-electron chi connectivity index (χ3n) is 4.06. The van der Waals surface area contributed by atoms with Gasteiger partial charge in [0.2, 0.25) is 0 Å². The molecule has 2 aromatic rings. The number of carbonyl (C=O) groups is 1. The van der Waals surface area contributed by atoms with Gasteiger partial charge in [-0.25, -0.2) is 5.43 Å². The Morgan fingerprint density at radius 3 is 2.26 bits per heavy atom. The first-order valence-electron chi connectivity index (χ1n) is 8.98. The minimum absolute atomic E-state index is 0.191. The van der Waals surface area contributed by atoms with Gasteiger partial charge in [-0.2, -0.15) is 5.10 Å². The summed E-state index contributed by atoms with van der Waals surface area (Å²) in [4.78, 5) is 12.1. The molecule has 2 rings (SSSR count). The van der Waals surface area contributed by atoms with E-state index in [-0.39, 0.29) is 5.91 Å². The summed E-state index contributed by atoms with van der Waals surface area (Å²) in [6.45, 7) is 8.11. The van der Waals surface area contributed by atoms with Crippen molar-refractivity contribution in [2.24, 2.45) is 5.10 Å². The number of amides is 1. The molecule has 0 bridgehead atoms. The summed E-state index contributed by atoms with van der Waals surface area (Å²) in [6.07, 6.45) is 3.68. The first-order chi connectivity index (χ1) is 12.8. The molecule has 0 aliphatic rings. The lowest BCUT2D eigenvalue weighted by Crippen LogP contribution is -2.34. The Balaban J connectivity index is 1.87. The Morgan fingerprint density at radius 1 is 1.04 bits per heavy atom. The molecule has 0 fully saturated rings. The number of nitrogens with zero attached hydrogens (tertiary/aromatic N) is 1. The molecule has 0 radical (unpaired) electrons. The summed E-state index contributed by atoms with van der Waals surface area (Å²) in [6, 6.07) is 15.7. The highest BCUT2D eigenvalue weighted by Gasteiger charge is 2.11. The van der Waals surface area contributed by atoms with Crippen LogP contribution in [0.3, 0.4) is 0 Å².